The van der Waals surface area contributed by atoms with E-state index in [1.807, 2.05) is 11.4 Å². The highest BCUT2D eigenvalue weighted by Gasteiger charge is 2.13. The first-order valence-electron chi connectivity index (χ1n) is 5.76. The van der Waals surface area contributed by atoms with Gasteiger partial charge in [0.05, 0.1) is 17.8 Å². The van der Waals surface area contributed by atoms with Gasteiger partial charge in [0.25, 0.3) is 0 Å². The summed E-state index contributed by atoms with van der Waals surface area (Å²) in [6, 6.07) is 5.59. The Hall–Kier alpha value is -1.57. The molecule has 1 aromatic heterocycles. The highest BCUT2D eigenvalue weighted by atomic mass is 79.9. The Morgan fingerprint density at radius 2 is 2.10 bits per heavy atom. The van der Waals surface area contributed by atoms with Crippen LogP contribution in [0, 0.1) is 0 Å². The van der Waals surface area contributed by atoms with Crippen LogP contribution in [0.1, 0.15) is 15.2 Å². The molecule has 0 bridgehead atoms. The highest BCUT2D eigenvalue weighted by molar-refractivity contribution is 9.10. The van der Waals surface area contributed by atoms with Crippen molar-refractivity contribution in [2.45, 2.75) is 6.54 Å². The molecule has 0 aliphatic rings. The van der Waals surface area contributed by atoms with Gasteiger partial charge in [-0.2, -0.15) is 0 Å². The highest BCUT2D eigenvalue weighted by Crippen LogP contribution is 2.22. The van der Waals surface area contributed by atoms with Crippen LogP contribution in [0.5, 0.6) is 0 Å². The van der Waals surface area contributed by atoms with Gasteiger partial charge in [-0.3, -0.25) is 0 Å². The number of carbonyl (C=O) groups excluding carboxylic acids is 1. The van der Waals surface area contributed by atoms with Gasteiger partial charge in [0.1, 0.15) is 0 Å². The molecule has 0 radical (unpaired) electrons. The normalized spacial score (nSPS) is 10.2. The monoisotopic (exact) mass is 388 g/mol. The maximum absolute atomic E-state index is 11.8. The van der Waals surface area contributed by atoms with Crippen molar-refractivity contribution >= 4 is 56.6 Å². The fraction of sp³-hybridized carbons (Fsp3) is 0.0769. The fourth-order valence-electron chi connectivity index (χ4n) is 1.59. The number of halogens is 2. The molecule has 110 valence electrons. The lowest BCUT2D eigenvalue weighted by molar-refractivity contribution is 0.0698. The summed E-state index contributed by atoms with van der Waals surface area (Å²) in [4.78, 5) is 23.9. The van der Waals surface area contributed by atoms with E-state index in [0.29, 0.717) is 11.6 Å². The van der Waals surface area contributed by atoms with Crippen LogP contribution in [0.25, 0.3) is 0 Å². The molecule has 0 spiro atoms. The van der Waals surface area contributed by atoms with Crippen molar-refractivity contribution in [3.63, 3.8) is 0 Å². The molecular formula is C13H10BrClN2O3S. The molecule has 2 amide bonds. The summed E-state index contributed by atoms with van der Waals surface area (Å²) in [7, 11) is 0. The van der Waals surface area contributed by atoms with E-state index in [0.717, 1.165) is 9.35 Å². The topological polar surface area (TPSA) is 78.4 Å². The van der Waals surface area contributed by atoms with Gasteiger partial charge < -0.3 is 15.7 Å². The van der Waals surface area contributed by atoms with Crippen molar-refractivity contribution in [2.24, 2.45) is 0 Å². The number of amides is 2. The first kappa shape index (κ1) is 15.8. The number of rotatable bonds is 4. The zero-order chi connectivity index (χ0) is 15.4. The van der Waals surface area contributed by atoms with Crippen LogP contribution in [0.4, 0.5) is 10.5 Å². The van der Waals surface area contributed by atoms with E-state index in [4.69, 9.17) is 16.7 Å². The minimum Gasteiger partial charge on any atom is -0.478 e. The molecule has 0 atom stereocenters. The van der Waals surface area contributed by atoms with Crippen molar-refractivity contribution in [3.05, 3.63) is 49.6 Å². The van der Waals surface area contributed by atoms with Crippen molar-refractivity contribution in [2.75, 3.05) is 5.32 Å². The molecule has 0 aliphatic heterocycles. The molecule has 8 heteroatoms. The number of thiophene rings is 1. The Morgan fingerprint density at radius 1 is 1.33 bits per heavy atom. The Labute approximate surface area is 138 Å². The van der Waals surface area contributed by atoms with Gasteiger partial charge in [-0.1, -0.05) is 11.6 Å². The van der Waals surface area contributed by atoms with E-state index >= 15 is 0 Å². The van der Waals surface area contributed by atoms with Gasteiger partial charge in [0.2, 0.25) is 0 Å². The predicted octanol–water partition coefficient (Wildman–Crippen LogP) is 4.18. The van der Waals surface area contributed by atoms with E-state index in [1.165, 1.54) is 29.5 Å². The third-order valence-corrected chi connectivity index (χ3v) is 4.44. The second kappa shape index (κ2) is 6.93. The van der Waals surface area contributed by atoms with Crippen molar-refractivity contribution < 1.29 is 14.7 Å². The number of urea groups is 1. The zero-order valence-corrected chi connectivity index (χ0v) is 13.7. The smallest absolute Gasteiger partial charge is 0.337 e. The minimum atomic E-state index is -1.14. The summed E-state index contributed by atoms with van der Waals surface area (Å²) in [5, 5.41) is 16.5. The summed E-state index contributed by atoms with van der Waals surface area (Å²) < 4.78 is 0.952. The molecule has 0 saturated heterocycles. The molecular weight excluding hydrogens is 380 g/mol. The molecule has 1 heterocycles. The van der Waals surface area contributed by atoms with Crippen LogP contribution in [-0.4, -0.2) is 17.1 Å². The largest absolute Gasteiger partial charge is 0.478 e. The number of carbonyl (C=O) groups is 2. The quantitative estimate of drug-likeness (QED) is 0.734. The summed E-state index contributed by atoms with van der Waals surface area (Å²) in [5.74, 6) is -1.14. The van der Waals surface area contributed by atoms with E-state index in [2.05, 4.69) is 26.6 Å². The molecule has 2 aromatic rings. The van der Waals surface area contributed by atoms with E-state index < -0.39 is 12.0 Å². The standard InChI is InChI=1S/C13H10BrClN2O3S/c14-7-3-9(21-6-7)5-16-13(20)17-11-4-8(15)1-2-10(11)12(18)19/h1-4,6H,5H2,(H,18,19)(H2,16,17,20). The predicted molar refractivity (Wildman–Crippen MR) is 86.3 cm³/mol. The third kappa shape index (κ3) is 4.45. The second-order valence-corrected chi connectivity index (χ2v) is 6.38. The van der Waals surface area contributed by atoms with Crippen LogP contribution >= 0.6 is 38.9 Å². The molecule has 1 aromatic carbocycles. The number of nitrogens with one attached hydrogen (secondary N) is 2. The van der Waals surface area contributed by atoms with E-state index in [-0.39, 0.29) is 11.3 Å². The molecule has 0 saturated carbocycles. The van der Waals surface area contributed by atoms with Gasteiger partial charge in [-0.15, -0.1) is 11.3 Å². The average molecular weight is 390 g/mol. The third-order valence-electron chi connectivity index (χ3n) is 2.51. The molecule has 0 unspecified atom stereocenters. The van der Waals surface area contributed by atoms with E-state index in [9.17, 15) is 9.59 Å². The van der Waals surface area contributed by atoms with Gasteiger partial charge in [0.15, 0.2) is 0 Å². The van der Waals surface area contributed by atoms with Gasteiger partial charge in [-0.05, 0) is 40.2 Å². The van der Waals surface area contributed by atoms with Crippen molar-refractivity contribution in [1.29, 1.82) is 0 Å². The number of carboxylic acids is 1. The van der Waals surface area contributed by atoms with Crippen LogP contribution in [0.3, 0.4) is 0 Å². The maximum atomic E-state index is 11.8. The Morgan fingerprint density at radius 3 is 2.71 bits per heavy atom. The molecule has 21 heavy (non-hydrogen) atoms. The van der Waals surface area contributed by atoms with Gasteiger partial charge >= 0.3 is 12.0 Å². The minimum absolute atomic E-state index is 0.0200. The summed E-state index contributed by atoms with van der Waals surface area (Å²) >= 11 is 10.6. The van der Waals surface area contributed by atoms with E-state index in [1.54, 1.807) is 0 Å². The maximum Gasteiger partial charge on any atom is 0.337 e. The van der Waals surface area contributed by atoms with Crippen LogP contribution in [0.2, 0.25) is 5.02 Å². The summed E-state index contributed by atoms with van der Waals surface area (Å²) in [5.41, 5.74) is 0.133. The Bertz CT molecular complexity index is 690. The number of anilines is 1. The van der Waals surface area contributed by atoms with Crippen LogP contribution < -0.4 is 10.6 Å². The van der Waals surface area contributed by atoms with Gasteiger partial charge in [-0.25, -0.2) is 9.59 Å². The lowest BCUT2D eigenvalue weighted by Gasteiger charge is -2.09. The SMILES string of the molecule is O=C(NCc1cc(Br)cs1)Nc1cc(Cl)ccc1C(=O)O. The fourth-order valence-corrected chi connectivity index (χ4v) is 3.15. The average Bonchev–Trinajstić information content (AvgIpc) is 2.82. The molecule has 2 rings (SSSR count). The van der Waals surface area contributed by atoms with Crippen molar-refractivity contribution in [1.82, 2.24) is 5.32 Å². The van der Waals surface area contributed by atoms with Crippen LogP contribution in [-0.2, 0) is 6.54 Å². The van der Waals surface area contributed by atoms with Crippen LogP contribution in [0.15, 0.2) is 34.1 Å². The molecule has 5 nitrogen and oxygen atoms in total. The molecule has 0 fully saturated rings. The first-order valence-corrected chi connectivity index (χ1v) is 7.81. The Kier molecular flexibility index (Phi) is 5.22. The van der Waals surface area contributed by atoms with Crippen molar-refractivity contribution in [3.8, 4) is 0 Å². The number of benzene rings is 1. The summed E-state index contributed by atoms with van der Waals surface area (Å²) in [6.45, 7) is 0.352. The number of carboxylic acid groups (broad SMARTS) is 1. The lowest BCUT2D eigenvalue weighted by atomic mass is 10.2. The molecule has 0 aliphatic carbocycles. The lowest BCUT2D eigenvalue weighted by Crippen LogP contribution is -2.28. The number of hydrogen-bond acceptors (Lipinski definition) is 3. The zero-order valence-electron chi connectivity index (χ0n) is 10.5. The van der Waals surface area contributed by atoms with Gasteiger partial charge in [0, 0.05) is 19.8 Å². The number of aromatic carboxylic acids is 1. The number of hydrogen-bond donors (Lipinski definition) is 3. The first-order chi connectivity index (χ1) is 9.95. The Balaban J connectivity index is 2.02. The second-order valence-electron chi connectivity index (χ2n) is 4.03. The summed E-state index contributed by atoms with van der Waals surface area (Å²) in [6.07, 6.45) is 0. The molecule has 3 N–H and O–H groups in total.